The van der Waals surface area contributed by atoms with Gasteiger partial charge >= 0.3 is 0 Å². The zero-order valence-corrected chi connectivity index (χ0v) is 11.4. The summed E-state index contributed by atoms with van der Waals surface area (Å²) in [6.45, 7) is 2.40. The molecule has 0 spiro atoms. The Hall–Kier alpha value is -1.82. The molecule has 0 saturated carbocycles. The van der Waals surface area contributed by atoms with E-state index >= 15 is 0 Å². The first-order chi connectivity index (χ1) is 9.69. The van der Waals surface area contributed by atoms with E-state index in [-0.39, 0.29) is 5.75 Å². The van der Waals surface area contributed by atoms with E-state index in [9.17, 15) is 4.39 Å². The molecule has 1 aliphatic heterocycles. The summed E-state index contributed by atoms with van der Waals surface area (Å²) in [4.78, 5) is 4.21. The van der Waals surface area contributed by atoms with E-state index < -0.39 is 5.82 Å². The Labute approximate surface area is 116 Å². The van der Waals surface area contributed by atoms with Gasteiger partial charge in [0.1, 0.15) is 0 Å². The Bertz CT molecular complexity index is 620. The third kappa shape index (κ3) is 2.31. The van der Waals surface area contributed by atoms with Crippen molar-refractivity contribution in [2.24, 2.45) is 5.92 Å². The van der Waals surface area contributed by atoms with Crippen molar-refractivity contribution in [3.63, 3.8) is 0 Å². The van der Waals surface area contributed by atoms with Crippen LogP contribution >= 0.6 is 0 Å². The predicted octanol–water partition coefficient (Wildman–Crippen LogP) is 2.19. The Balaban J connectivity index is 1.90. The van der Waals surface area contributed by atoms with E-state index in [4.69, 9.17) is 15.2 Å². The number of nitrogens with zero attached hydrogens (tertiary/aromatic N) is 2. The van der Waals surface area contributed by atoms with Crippen molar-refractivity contribution in [1.29, 1.82) is 0 Å². The maximum absolute atomic E-state index is 13.7. The van der Waals surface area contributed by atoms with E-state index in [2.05, 4.69) is 4.98 Å². The van der Waals surface area contributed by atoms with Crippen molar-refractivity contribution >= 4 is 17.0 Å². The number of halogens is 1. The van der Waals surface area contributed by atoms with Crippen molar-refractivity contribution in [2.75, 3.05) is 26.1 Å². The number of imidazole rings is 1. The van der Waals surface area contributed by atoms with Crippen LogP contribution in [-0.4, -0.2) is 29.9 Å². The van der Waals surface area contributed by atoms with E-state index in [1.165, 1.54) is 13.2 Å². The van der Waals surface area contributed by atoms with Crippen LogP contribution in [0, 0.1) is 11.7 Å². The highest BCUT2D eigenvalue weighted by Gasteiger charge is 2.18. The normalized spacial score (nSPS) is 18.8. The molecule has 2 N–H and O–H groups in total. The highest BCUT2D eigenvalue weighted by molar-refractivity contribution is 5.80. The molecular formula is C14H18FN3O2. The first-order valence-corrected chi connectivity index (χ1v) is 6.76. The largest absolute Gasteiger partial charge is 0.494 e. The summed E-state index contributed by atoms with van der Waals surface area (Å²) in [7, 11) is 1.45. The van der Waals surface area contributed by atoms with Crippen molar-refractivity contribution in [2.45, 2.75) is 19.4 Å². The van der Waals surface area contributed by atoms with Gasteiger partial charge in [0.05, 0.1) is 18.1 Å². The third-order valence-corrected chi connectivity index (χ3v) is 3.84. The van der Waals surface area contributed by atoms with Crippen LogP contribution in [0.3, 0.4) is 0 Å². The Kier molecular flexibility index (Phi) is 3.48. The molecule has 6 heteroatoms. The van der Waals surface area contributed by atoms with E-state index in [1.54, 1.807) is 6.07 Å². The number of aromatic nitrogens is 2. The van der Waals surface area contributed by atoms with Crippen LogP contribution in [0.5, 0.6) is 5.75 Å². The van der Waals surface area contributed by atoms with E-state index in [1.807, 2.05) is 4.57 Å². The van der Waals surface area contributed by atoms with Crippen molar-refractivity contribution in [3.05, 3.63) is 17.9 Å². The third-order valence-electron chi connectivity index (χ3n) is 3.84. The zero-order valence-electron chi connectivity index (χ0n) is 11.4. The smallest absolute Gasteiger partial charge is 0.201 e. The van der Waals surface area contributed by atoms with Crippen molar-refractivity contribution in [3.8, 4) is 5.75 Å². The van der Waals surface area contributed by atoms with Gasteiger partial charge in [-0.2, -0.15) is 0 Å². The molecule has 1 fully saturated rings. The summed E-state index contributed by atoms with van der Waals surface area (Å²) in [5.41, 5.74) is 7.30. The van der Waals surface area contributed by atoms with Gasteiger partial charge in [-0.3, -0.25) is 0 Å². The predicted molar refractivity (Wildman–Crippen MR) is 74.2 cm³/mol. The summed E-state index contributed by atoms with van der Waals surface area (Å²) in [5, 5.41) is 0. The van der Waals surface area contributed by atoms with Crippen LogP contribution in [0.25, 0.3) is 11.0 Å². The molecule has 1 aliphatic rings. The molecule has 2 aromatic rings. The molecule has 3 rings (SSSR count). The molecule has 1 aromatic carbocycles. The molecule has 0 aliphatic carbocycles. The fraction of sp³-hybridized carbons (Fsp3) is 0.500. The van der Waals surface area contributed by atoms with Crippen molar-refractivity contribution < 1.29 is 13.9 Å². The monoisotopic (exact) mass is 279 g/mol. The Morgan fingerprint density at radius 1 is 1.55 bits per heavy atom. The summed E-state index contributed by atoms with van der Waals surface area (Å²) < 4.78 is 26.0. The molecule has 1 aromatic heterocycles. The van der Waals surface area contributed by atoms with Crippen LogP contribution in [0.15, 0.2) is 12.1 Å². The quantitative estimate of drug-likeness (QED) is 0.932. The molecule has 0 amide bonds. The fourth-order valence-corrected chi connectivity index (χ4v) is 2.66. The van der Waals surface area contributed by atoms with Gasteiger partial charge in [0.25, 0.3) is 0 Å². The number of benzene rings is 1. The molecule has 20 heavy (non-hydrogen) atoms. The lowest BCUT2D eigenvalue weighted by Crippen LogP contribution is -2.08. The van der Waals surface area contributed by atoms with Crippen LogP contribution in [0.2, 0.25) is 0 Å². The number of rotatable bonds is 4. The number of fused-ring (bicyclic) bond motifs is 1. The van der Waals surface area contributed by atoms with Gasteiger partial charge in [0.15, 0.2) is 11.6 Å². The molecular weight excluding hydrogens is 261 g/mol. The molecule has 1 atom stereocenters. The minimum Gasteiger partial charge on any atom is -0.494 e. The molecule has 108 valence electrons. The van der Waals surface area contributed by atoms with Gasteiger partial charge in [0.2, 0.25) is 5.95 Å². The van der Waals surface area contributed by atoms with Gasteiger partial charge < -0.3 is 19.8 Å². The van der Waals surface area contributed by atoms with Gasteiger partial charge in [0, 0.05) is 31.9 Å². The first kappa shape index (κ1) is 13.2. The van der Waals surface area contributed by atoms with Gasteiger partial charge in [-0.05, 0) is 18.8 Å². The Morgan fingerprint density at radius 2 is 2.40 bits per heavy atom. The average Bonchev–Trinajstić information content (AvgIpc) is 3.03. The van der Waals surface area contributed by atoms with Crippen molar-refractivity contribution in [1.82, 2.24) is 9.55 Å². The average molecular weight is 279 g/mol. The molecule has 0 radical (unpaired) electrons. The van der Waals surface area contributed by atoms with Gasteiger partial charge in [-0.25, -0.2) is 9.37 Å². The second-order valence-corrected chi connectivity index (χ2v) is 5.12. The fourth-order valence-electron chi connectivity index (χ4n) is 2.66. The Morgan fingerprint density at radius 3 is 3.10 bits per heavy atom. The number of nitrogen functional groups attached to an aromatic ring is 1. The minimum absolute atomic E-state index is 0.211. The highest BCUT2D eigenvalue weighted by atomic mass is 19.1. The minimum atomic E-state index is -0.422. The maximum Gasteiger partial charge on any atom is 0.201 e. The zero-order chi connectivity index (χ0) is 14.1. The molecule has 1 saturated heterocycles. The summed E-state index contributed by atoms with van der Waals surface area (Å²) in [5.74, 6) is 0.762. The lowest BCUT2D eigenvalue weighted by molar-refractivity contribution is 0.183. The number of hydrogen-bond donors (Lipinski definition) is 1. The van der Waals surface area contributed by atoms with Crippen LogP contribution < -0.4 is 10.5 Å². The highest BCUT2D eigenvalue weighted by Crippen LogP contribution is 2.27. The number of aryl methyl sites for hydroxylation is 1. The second kappa shape index (κ2) is 5.28. The molecule has 2 heterocycles. The molecule has 5 nitrogen and oxygen atoms in total. The second-order valence-electron chi connectivity index (χ2n) is 5.12. The van der Waals surface area contributed by atoms with E-state index in [0.717, 1.165) is 38.1 Å². The van der Waals surface area contributed by atoms with Gasteiger partial charge in [-0.1, -0.05) is 0 Å². The molecule has 0 bridgehead atoms. The van der Waals surface area contributed by atoms with Gasteiger partial charge in [-0.15, -0.1) is 0 Å². The van der Waals surface area contributed by atoms with E-state index in [0.29, 0.717) is 17.4 Å². The summed E-state index contributed by atoms with van der Waals surface area (Å²) in [6.07, 6.45) is 2.07. The van der Waals surface area contributed by atoms with Crippen LogP contribution in [0.4, 0.5) is 10.3 Å². The van der Waals surface area contributed by atoms with Crippen LogP contribution in [0.1, 0.15) is 12.8 Å². The number of methoxy groups -OCH3 is 1. The topological polar surface area (TPSA) is 62.3 Å². The number of ether oxygens (including phenoxy) is 2. The summed E-state index contributed by atoms with van der Waals surface area (Å²) >= 11 is 0. The first-order valence-electron chi connectivity index (χ1n) is 6.76. The number of anilines is 1. The standard InChI is InChI=1S/C14H18FN3O2/c1-19-13-7-12-11(6-10(13)15)17-14(16)18(12)4-2-9-3-5-20-8-9/h6-7,9H,2-5,8H2,1H3,(H2,16,17). The summed E-state index contributed by atoms with van der Waals surface area (Å²) in [6, 6.07) is 3.01. The lowest BCUT2D eigenvalue weighted by Gasteiger charge is -2.10. The SMILES string of the molecule is COc1cc2c(cc1F)nc(N)n2CCC1CCOC1. The maximum atomic E-state index is 13.7. The lowest BCUT2D eigenvalue weighted by atomic mass is 10.1. The number of nitrogens with two attached hydrogens (primary N) is 1. The molecule has 1 unspecified atom stereocenters. The number of hydrogen-bond acceptors (Lipinski definition) is 4. The van der Waals surface area contributed by atoms with Crippen LogP contribution in [-0.2, 0) is 11.3 Å².